The molecule has 1 aromatic rings. The third kappa shape index (κ3) is 7.67. The number of hydrogen-bond donors (Lipinski definition) is 1. The molecule has 0 nitrogen and oxygen atoms in total. The molecule has 0 aliphatic carbocycles. The van der Waals surface area contributed by atoms with E-state index in [1.165, 1.54) is 19.3 Å². The van der Waals surface area contributed by atoms with E-state index in [1.54, 1.807) is 0 Å². The smallest absolute Gasteiger partial charge is 0.00399 e. The Bertz CT molecular complexity index is 168. The van der Waals surface area contributed by atoms with Gasteiger partial charge in [-0.15, -0.1) is 12.6 Å². The quantitative estimate of drug-likeness (QED) is 0.652. The molecule has 0 aliphatic rings. The Morgan fingerprint density at radius 1 is 1.00 bits per heavy atom. The molecule has 0 unspecified atom stereocenters. The van der Waals surface area contributed by atoms with Crippen molar-refractivity contribution in [1.29, 1.82) is 0 Å². The van der Waals surface area contributed by atoms with Crippen LogP contribution < -0.4 is 0 Å². The van der Waals surface area contributed by atoms with Crippen LogP contribution in [0, 0.1) is 0 Å². The number of thiol groups is 1. The topological polar surface area (TPSA) is 0 Å². The first-order valence-corrected chi connectivity index (χ1v) is 5.00. The molecule has 0 radical (unpaired) electrons. The van der Waals surface area contributed by atoms with Crippen LogP contribution in [0.1, 0.15) is 33.1 Å². The molecule has 0 saturated carbocycles. The average molecular weight is 182 g/mol. The third-order valence-electron chi connectivity index (χ3n) is 1.46. The lowest BCUT2D eigenvalue weighted by Crippen LogP contribution is -1.59. The summed E-state index contributed by atoms with van der Waals surface area (Å²) in [6.45, 7) is 4.42. The van der Waals surface area contributed by atoms with Crippen molar-refractivity contribution < 1.29 is 0 Å². The van der Waals surface area contributed by atoms with E-state index in [4.69, 9.17) is 0 Å². The van der Waals surface area contributed by atoms with Gasteiger partial charge in [0.05, 0.1) is 0 Å². The molecule has 0 fully saturated rings. The number of rotatable bonds is 2. The van der Waals surface area contributed by atoms with Crippen LogP contribution in [0.5, 0.6) is 0 Å². The van der Waals surface area contributed by atoms with E-state index in [2.05, 4.69) is 26.5 Å². The Morgan fingerprint density at radius 3 is 1.67 bits per heavy atom. The van der Waals surface area contributed by atoms with Crippen molar-refractivity contribution in [2.45, 2.75) is 38.0 Å². The normalized spacial score (nSPS) is 8.58. The molecule has 1 heteroatoms. The van der Waals surface area contributed by atoms with Crippen LogP contribution in [0.3, 0.4) is 0 Å². The first kappa shape index (κ1) is 11.6. The van der Waals surface area contributed by atoms with Crippen LogP contribution in [-0.4, -0.2) is 0 Å². The van der Waals surface area contributed by atoms with Gasteiger partial charge in [0, 0.05) is 4.90 Å². The molecule has 0 spiro atoms. The van der Waals surface area contributed by atoms with Gasteiger partial charge in [-0.1, -0.05) is 51.3 Å². The molecular formula is C11H18S. The molecule has 68 valence electrons. The predicted molar refractivity (Wildman–Crippen MR) is 58.9 cm³/mol. The first-order valence-electron chi connectivity index (χ1n) is 4.55. The summed E-state index contributed by atoms with van der Waals surface area (Å²) in [5, 5.41) is 0. The minimum Gasteiger partial charge on any atom is -0.143 e. The minimum absolute atomic E-state index is 1.02. The summed E-state index contributed by atoms with van der Waals surface area (Å²) in [7, 11) is 0. The van der Waals surface area contributed by atoms with Crippen LogP contribution in [0.15, 0.2) is 35.2 Å². The van der Waals surface area contributed by atoms with Crippen molar-refractivity contribution in [3.05, 3.63) is 30.3 Å². The van der Waals surface area contributed by atoms with Crippen LogP contribution in [0.4, 0.5) is 0 Å². The predicted octanol–water partition coefficient (Wildman–Crippen LogP) is 4.17. The second-order valence-electron chi connectivity index (χ2n) is 2.69. The SMILES string of the molecule is CCCCC.Sc1ccccc1. The van der Waals surface area contributed by atoms with Gasteiger partial charge in [0.15, 0.2) is 0 Å². The van der Waals surface area contributed by atoms with Gasteiger partial charge >= 0.3 is 0 Å². The molecule has 1 aromatic carbocycles. The van der Waals surface area contributed by atoms with Crippen LogP contribution in [0.2, 0.25) is 0 Å². The second-order valence-corrected chi connectivity index (χ2v) is 3.21. The van der Waals surface area contributed by atoms with Crippen molar-refractivity contribution in [2.75, 3.05) is 0 Å². The fourth-order valence-electron chi connectivity index (χ4n) is 0.782. The van der Waals surface area contributed by atoms with Crippen molar-refractivity contribution >= 4 is 12.6 Å². The molecule has 0 amide bonds. The lowest BCUT2D eigenvalue weighted by atomic mass is 10.3. The first-order chi connectivity index (χ1) is 5.81. The zero-order valence-corrected chi connectivity index (χ0v) is 8.85. The molecule has 0 bridgehead atoms. The molecule has 1 rings (SSSR count). The van der Waals surface area contributed by atoms with Gasteiger partial charge < -0.3 is 0 Å². The highest BCUT2D eigenvalue weighted by molar-refractivity contribution is 7.80. The Labute approximate surface area is 81.4 Å². The van der Waals surface area contributed by atoms with Gasteiger partial charge in [-0.05, 0) is 12.1 Å². The fourth-order valence-corrected chi connectivity index (χ4v) is 0.954. The maximum atomic E-state index is 4.08. The van der Waals surface area contributed by atoms with Gasteiger partial charge in [-0.2, -0.15) is 0 Å². The molecule has 0 atom stereocenters. The minimum atomic E-state index is 1.02. The van der Waals surface area contributed by atoms with Crippen molar-refractivity contribution in [1.82, 2.24) is 0 Å². The standard InChI is InChI=1S/C6H6S.C5H12/c7-6-4-2-1-3-5-6;1-3-5-4-2/h1-5,7H;3-5H2,1-2H3. The van der Waals surface area contributed by atoms with Crippen molar-refractivity contribution in [3.63, 3.8) is 0 Å². The van der Waals surface area contributed by atoms with Crippen molar-refractivity contribution in [3.8, 4) is 0 Å². The van der Waals surface area contributed by atoms with Gasteiger partial charge in [-0.25, -0.2) is 0 Å². The molecule has 0 aliphatic heterocycles. The number of benzene rings is 1. The summed E-state index contributed by atoms with van der Waals surface area (Å²) in [6.07, 6.45) is 4.08. The molecule has 0 aromatic heterocycles. The summed E-state index contributed by atoms with van der Waals surface area (Å²) >= 11 is 4.08. The summed E-state index contributed by atoms with van der Waals surface area (Å²) in [5.41, 5.74) is 0. The Morgan fingerprint density at radius 2 is 1.50 bits per heavy atom. The summed E-state index contributed by atoms with van der Waals surface area (Å²) < 4.78 is 0. The highest BCUT2D eigenvalue weighted by atomic mass is 32.1. The van der Waals surface area contributed by atoms with Gasteiger partial charge in [0.25, 0.3) is 0 Å². The largest absolute Gasteiger partial charge is 0.143 e. The van der Waals surface area contributed by atoms with E-state index in [1.807, 2.05) is 30.3 Å². The summed E-state index contributed by atoms with van der Waals surface area (Å²) in [4.78, 5) is 1.02. The Balaban J connectivity index is 0.000000217. The van der Waals surface area contributed by atoms with Gasteiger partial charge in [0.2, 0.25) is 0 Å². The maximum absolute atomic E-state index is 4.08. The zero-order valence-electron chi connectivity index (χ0n) is 7.96. The van der Waals surface area contributed by atoms with E-state index in [9.17, 15) is 0 Å². The molecular weight excluding hydrogens is 164 g/mol. The van der Waals surface area contributed by atoms with Crippen LogP contribution in [-0.2, 0) is 0 Å². The summed E-state index contributed by atoms with van der Waals surface area (Å²) in [6, 6.07) is 9.79. The van der Waals surface area contributed by atoms with E-state index in [0.29, 0.717) is 0 Å². The highest BCUT2D eigenvalue weighted by Gasteiger charge is 1.73. The maximum Gasteiger partial charge on any atom is 0.00399 e. The average Bonchev–Trinajstić information content (AvgIpc) is 2.08. The molecule has 0 N–H and O–H groups in total. The molecule has 0 saturated heterocycles. The third-order valence-corrected chi connectivity index (χ3v) is 1.76. The Hall–Kier alpha value is -0.430. The lowest BCUT2D eigenvalue weighted by molar-refractivity contribution is 0.772. The lowest BCUT2D eigenvalue weighted by Gasteiger charge is -1.81. The van der Waals surface area contributed by atoms with Gasteiger partial charge in [0.1, 0.15) is 0 Å². The van der Waals surface area contributed by atoms with Crippen LogP contribution in [0.25, 0.3) is 0 Å². The monoisotopic (exact) mass is 182 g/mol. The summed E-state index contributed by atoms with van der Waals surface area (Å²) in [5.74, 6) is 0. The van der Waals surface area contributed by atoms with E-state index >= 15 is 0 Å². The molecule has 12 heavy (non-hydrogen) atoms. The highest BCUT2D eigenvalue weighted by Crippen LogP contribution is 2.00. The van der Waals surface area contributed by atoms with E-state index in [0.717, 1.165) is 4.90 Å². The van der Waals surface area contributed by atoms with E-state index in [-0.39, 0.29) is 0 Å². The Kier molecular flexibility index (Phi) is 8.35. The number of hydrogen-bond acceptors (Lipinski definition) is 1. The molecule has 0 heterocycles. The van der Waals surface area contributed by atoms with Crippen LogP contribution >= 0.6 is 12.6 Å². The number of unbranched alkanes of at least 4 members (excludes halogenated alkanes) is 2. The zero-order chi connectivity index (χ0) is 9.23. The van der Waals surface area contributed by atoms with Crippen molar-refractivity contribution in [2.24, 2.45) is 0 Å². The second kappa shape index (κ2) is 8.66. The van der Waals surface area contributed by atoms with Gasteiger partial charge in [-0.3, -0.25) is 0 Å². The van der Waals surface area contributed by atoms with E-state index < -0.39 is 0 Å². The fraction of sp³-hybridized carbons (Fsp3) is 0.455.